The van der Waals surface area contributed by atoms with Crippen LogP contribution in [0.15, 0.2) is 78.9 Å². The van der Waals surface area contributed by atoms with Gasteiger partial charge in [-0.05, 0) is 47.1 Å². The van der Waals surface area contributed by atoms with E-state index in [1.807, 2.05) is 54.6 Å². The van der Waals surface area contributed by atoms with Crippen LogP contribution in [-0.4, -0.2) is 98.4 Å². The molecule has 1 fully saturated rings. The zero-order chi connectivity index (χ0) is 40.3. The van der Waals surface area contributed by atoms with Gasteiger partial charge in [0.15, 0.2) is 0 Å². The van der Waals surface area contributed by atoms with Gasteiger partial charge in [-0.15, -0.1) is 0 Å². The first kappa shape index (κ1) is 43.1. The maximum atomic E-state index is 13.9. The van der Waals surface area contributed by atoms with Gasteiger partial charge in [-0.1, -0.05) is 78.9 Å². The number of hydrogen-bond donors (Lipinski definition) is 6. The highest BCUT2D eigenvalue weighted by atomic mass is 16.5. The van der Waals surface area contributed by atoms with Crippen molar-refractivity contribution in [3.05, 3.63) is 95.6 Å². The van der Waals surface area contributed by atoms with Gasteiger partial charge in [0.1, 0.15) is 12.1 Å². The zero-order valence-electron chi connectivity index (χ0n) is 32.3. The number of carbonyl (C=O) groups is 6. The van der Waals surface area contributed by atoms with Crippen molar-refractivity contribution in [1.29, 1.82) is 0 Å². The SMILES string of the molecule is CC(=O)NCC[C@H](NC(=O)Cc1ccccc1CNC(=O)[C@H](Cc1ccc(-c2ccccc2)cc1)NC(=O)[C@@H]1CCCN(C(C)=O)C1)C(=O)NCCOCCN. The highest BCUT2D eigenvalue weighted by molar-refractivity contribution is 5.90. The summed E-state index contributed by atoms with van der Waals surface area (Å²) < 4.78 is 5.31. The number of nitrogens with zero attached hydrogens (tertiary/aromatic N) is 1. The van der Waals surface area contributed by atoms with Crippen LogP contribution >= 0.6 is 0 Å². The molecule has 1 aliphatic heterocycles. The van der Waals surface area contributed by atoms with Crippen LogP contribution in [-0.2, 0) is 52.9 Å². The number of nitrogens with two attached hydrogens (primary N) is 1. The second-order valence-corrected chi connectivity index (χ2v) is 13.9. The molecule has 14 nitrogen and oxygen atoms in total. The predicted octanol–water partition coefficient (Wildman–Crippen LogP) is 1.60. The first-order chi connectivity index (χ1) is 27.0. The summed E-state index contributed by atoms with van der Waals surface area (Å²) in [5.74, 6) is -2.28. The molecule has 3 atom stereocenters. The Hall–Kier alpha value is -5.60. The van der Waals surface area contributed by atoms with E-state index in [2.05, 4.69) is 26.6 Å². The van der Waals surface area contributed by atoms with E-state index in [0.29, 0.717) is 50.2 Å². The molecule has 0 saturated carbocycles. The molecule has 1 aliphatic rings. The molecule has 300 valence electrons. The largest absolute Gasteiger partial charge is 0.378 e. The number of carbonyl (C=O) groups excluding carboxylic acids is 6. The van der Waals surface area contributed by atoms with Crippen LogP contribution in [0.25, 0.3) is 11.1 Å². The van der Waals surface area contributed by atoms with Gasteiger partial charge in [0.2, 0.25) is 35.4 Å². The molecule has 7 N–H and O–H groups in total. The highest BCUT2D eigenvalue weighted by Crippen LogP contribution is 2.21. The second kappa shape index (κ2) is 22.7. The number of nitrogens with one attached hydrogen (secondary N) is 5. The van der Waals surface area contributed by atoms with Crippen molar-refractivity contribution in [3.63, 3.8) is 0 Å². The molecule has 0 bridgehead atoms. The van der Waals surface area contributed by atoms with Crippen molar-refractivity contribution in [1.82, 2.24) is 31.5 Å². The van der Waals surface area contributed by atoms with Crippen LogP contribution in [0.2, 0.25) is 0 Å². The Balaban J connectivity index is 1.43. The predicted molar refractivity (Wildman–Crippen MR) is 213 cm³/mol. The maximum absolute atomic E-state index is 13.9. The number of amides is 6. The average molecular weight is 770 g/mol. The lowest BCUT2D eigenvalue weighted by Gasteiger charge is -2.32. The van der Waals surface area contributed by atoms with Gasteiger partial charge in [0, 0.05) is 59.5 Å². The highest BCUT2D eigenvalue weighted by Gasteiger charge is 2.30. The fourth-order valence-corrected chi connectivity index (χ4v) is 6.52. The van der Waals surface area contributed by atoms with Gasteiger partial charge < -0.3 is 42.0 Å². The molecule has 3 aromatic carbocycles. The molecular weight excluding hydrogens is 715 g/mol. The quantitative estimate of drug-likeness (QED) is 0.0931. The lowest BCUT2D eigenvalue weighted by Crippen LogP contribution is -2.52. The van der Waals surface area contributed by atoms with Gasteiger partial charge >= 0.3 is 0 Å². The zero-order valence-corrected chi connectivity index (χ0v) is 32.3. The number of likely N-dealkylation sites (tertiary alicyclic amines) is 1. The van der Waals surface area contributed by atoms with Crippen LogP contribution < -0.4 is 32.3 Å². The summed E-state index contributed by atoms with van der Waals surface area (Å²) >= 11 is 0. The van der Waals surface area contributed by atoms with Crippen molar-refractivity contribution in [2.45, 2.75) is 64.6 Å². The third-order valence-electron chi connectivity index (χ3n) is 9.56. The van der Waals surface area contributed by atoms with E-state index in [9.17, 15) is 28.8 Å². The number of piperidine rings is 1. The first-order valence-electron chi connectivity index (χ1n) is 19.2. The molecule has 0 aromatic heterocycles. The monoisotopic (exact) mass is 769 g/mol. The van der Waals surface area contributed by atoms with E-state index in [1.165, 1.54) is 13.8 Å². The Morgan fingerprint density at radius 2 is 1.45 bits per heavy atom. The third-order valence-corrected chi connectivity index (χ3v) is 9.56. The standard InChI is InChI=1S/C42H55N7O7/c1-29(50)44-20-18-37(41(54)45-21-24-56-23-19-43)47-39(52)26-34-11-6-7-12-35(34)27-46-42(55)38(48-40(53)36-13-8-22-49(28-36)30(2)51)25-31-14-16-33(17-15-31)32-9-4-3-5-10-32/h3-7,9-12,14-17,36-38H,8,13,18-28,43H2,1-2H3,(H,44,50)(H,45,54)(H,46,55)(H,47,52)(H,48,53)/t36-,37+,38+/m1/s1. The topological polar surface area (TPSA) is 201 Å². The van der Waals surface area contributed by atoms with Gasteiger partial charge in [-0.2, -0.15) is 0 Å². The summed E-state index contributed by atoms with van der Waals surface area (Å²) in [5.41, 5.74) is 9.72. The molecule has 0 unspecified atom stereocenters. The molecule has 0 spiro atoms. The average Bonchev–Trinajstić information content (AvgIpc) is 3.20. The lowest BCUT2D eigenvalue weighted by molar-refractivity contribution is -0.136. The molecule has 1 heterocycles. The van der Waals surface area contributed by atoms with Crippen LogP contribution in [0.3, 0.4) is 0 Å². The normalized spacial score (nSPS) is 14.8. The molecule has 6 amide bonds. The third kappa shape index (κ3) is 14.2. The van der Waals surface area contributed by atoms with Crippen LogP contribution in [0.1, 0.15) is 49.8 Å². The van der Waals surface area contributed by atoms with Gasteiger partial charge in [0.25, 0.3) is 0 Å². The van der Waals surface area contributed by atoms with Crippen LogP contribution in [0, 0.1) is 5.92 Å². The fraction of sp³-hybridized carbons (Fsp3) is 0.429. The molecule has 56 heavy (non-hydrogen) atoms. The fourth-order valence-electron chi connectivity index (χ4n) is 6.52. The lowest BCUT2D eigenvalue weighted by atomic mass is 9.95. The van der Waals surface area contributed by atoms with E-state index >= 15 is 0 Å². The smallest absolute Gasteiger partial charge is 0.243 e. The van der Waals surface area contributed by atoms with E-state index in [4.69, 9.17) is 10.5 Å². The van der Waals surface area contributed by atoms with Crippen molar-refractivity contribution in [2.24, 2.45) is 11.7 Å². The van der Waals surface area contributed by atoms with Gasteiger partial charge in [-0.3, -0.25) is 28.8 Å². The van der Waals surface area contributed by atoms with E-state index in [0.717, 1.165) is 16.7 Å². The molecule has 1 saturated heterocycles. The minimum absolute atomic E-state index is 0.0716. The Bertz CT molecular complexity index is 1770. The van der Waals surface area contributed by atoms with E-state index in [-0.39, 0.29) is 63.2 Å². The summed E-state index contributed by atoms with van der Waals surface area (Å²) in [6, 6.07) is 23.2. The first-order valence-corrected chi connectivity index (χ1v) is 19.2. The summed E-state index contributed by atoms with van der Waals surface area (Å²) in [6.07, 6.45) is 1.65. The number of hydrogen-bond acceptors (Lipinski definition) is 8. The summed E-state index contributed by atoms with van der Waals surface area (Å²) in [6.45, 7) is 5.24. The van der Waals surface area contributed by atoms with Crippen molar-refractivity contribution in [3.8, 4) is 11.1 Å². The van der Waals surface area contributed by atoms with Crippen LogP contribution in [0.5, 0.6) is 0 Å². The van der Waals surface area contributed by atoms with E-state index in [1.54, 1.807) is 29.2 Å². The Morgan fingerprint density at radius 1 is 0.768 bits per heavy atom. The molecule has 14 heteroatoms. The summed E-state index contributed by atoms with van der Waals surface area (Å²) in [4.78, 5) is 78.9. The number of benzene rings is 3. The van der Waals surface area contributed by atoms with E-state index < -0.39 is 35.7 Å². The van der Waals surface area contributed by atoms with Crippen LogP contribution in [0.4, 0.5) is 0 Å². The van der Waals surface area contributed by atoms with Gasteiger partial charge in [-0.25, -0.2) is 0 Å². The molecule has 0 aliphatic carbocycles. The maximum Gasteiger partial charge on any atom is 0.243 e. The van der Waals surface area contributed by atoms with Crippen molar-refractivity contribution >= 4 is 35.4 Å². The summed E-state index contributed by atoms with van der Waals surface area (Å²) in [7, 11) is 0. The van der Waals surface area contributed by atoms with Crippen molar-refractivity contribution in [2.75, 3.05) is 45.9 Å². The molecule has 0 radical (unpaired) electrons. The Labute approximate surface area is 328 Å². The Morgan fingerprint density at radius 3 is 2.14 bits per heavy atom. The summed E-state index contributed by atoms with van der Waals surface area (Å²) in [5, 5.41) is 14.1. The molecule has 4 rings (SSSR count). The minimum atomic E-state index is -0.909. The Kier molecular flexibility index (Phi) is 17.5. The van der Waals surface area contributed by atoms with Gasteiger partial charge in [0.05, 0.1) is 25.6 Å². The molecular formula is C42H55N7O7. The number of rotatable bonds is 20. The second-order valence-electron chi connectivity index (χ2n) is 13.9. The van der Waals surface area contributed by atoms with Crippen molar-refractivity contribution < 1.29 is 33.5 Å². The minimum Gasteiger partial charge on any atom is -0.378 e. The number of ether oxygens (including phenoxy) is 1. The molecule has 3 aromatic rings.